The molecule has 1 aromatic rings. The van der Waals surface area contributed by atoms with E-state index in [1.165, 1.54) is 69.8 Å². The first-order chi connectivity index (χ1) is 17.9. The van der Waals surface area contributed by atoms with Crippen molar-refractivity contribution in [2.45, 2.75) is 129 Å². The number of rotatable bonds is 14. The Hall–Kier alpha value is -1.55. The average molecular weight is 513 g/mol. The summed E-state index contributed by atoms with van der Waals surface area (Å²) in [5, 5.41) is 20.2. The van der Waals surface area contributed by atoms with Crippen LogP contribution in [0.5, 0.6) is 5.75 Å². The number of hydrogen-bond acceptors (Lipinski definition) is 3. The number of unbranched alkanes of at least 4 members (excludes halogenated alkanes) is 6. The van der Waals surface area contributed by atoms with Crippen molar-refractivity contribution in [1.82, 2.24) is 0 Å². The molecule has 0 radical (unpaired) electrons. The van der Waals surface area contributed by atoms with Gasteiger partial charge in [0.05, 0.1) is 19.1 Å². The quantitative estimate of drug-likeness (QED) is 0.247. The molecule has 0 saturated heterocycles. The van der Waals surface area contributed by atoms with Gasteiger partial charge in [0.25, 0.3) is 0 Å². The van der Waals surface area contributed by atoms with Crippen molar-refractivity contribution in [3.05, 3.63) is 29.3 Å². The normalized spacial score (nSPS) is 31.3. The van der Waals surface area contributed by atoms with Gasteiger partial charge in [-0.2, -0.15) is 0 Å². The number of benzene rings is 1. The minimum absolute atomic E-state index is 0.111. The van der Waals surface area contributed by atoms with Gasteiger partial charge in [-0.15, -0.1) is 0 Å². The number of aliphatic hydroxyl groups is 1. The fourth-order valence-corrected chi connectivity index (χ4v) is 8.57. The highest BCUT2D eigenvalue weighted by Crippen LogP contribution is 2.62. The standard InChI is InChI=1S/C33H52O4/c1-4-12-23(32(35)36)13-10-8-6-5-7-9-11-14-24-21-25-22-26(37-3)15-16-27(25)28-19-20-33(2)29(31(24)28)17-18-30(33)34/h15-16,22-24,28-31,34H,4-14,17-21H2,1-3H3,(H,35,36)/t23-,24+,28?,29?,30-,31?,33-/m0/s1. The van der Waals surface area contributed by atoms with Gasteiger partial charge in [-0.1, -0.05) is 71.3 Å². The Morgan fingerprint density at radius 2 is 1.78 bits per heavy atom. The molecule has 208 valence electrons. The lowest BCUT2D eigenvalue weighted by atomic mass is 9.52. The first-order valence-electron chi connectivity index (χ1n) is 15.5. The van der Waals surface area contributed by atoms with E-state index in [-0.39, 0.29) is 17.4 Å². The Morgan fingerprint density at radius 1 is 1.05 bits per heavy atom. The maximum Gasteiger partial charge on any atom is 0.306 e. The molecule has 2 saturated carbocycles. The zero-order chi connectivity index (χ0) is 26.4. The first-order valence-corrected chi connectivity index (χ1v) is 15.5. The van der Waals surface area contributed by atoms with Crippen molar-refractivity contribution in [2.24, 2.45) is 29.1 Å². The predicted molar refractivity (Wildman–Crippen MR) is 150 cm³/mol. The summed E-state index contributed by atoms with van der Waals surface area (Å²) in [6, 6.07) is 6.79. The topological polar surface area (TPSA) is 66.8 Å². The summed E-state index contributed by atoms with van der Waals surface area (Å²) in [7, 11) is 1.77. The van der Waals surface area contributed by atoms with Gasteiger partial charge in [0, 0.05) is 0 Å². The molecule has 2 N–H and O–H groups in total. The Bertz CT molecular complexity index is 881. The van der Waals surface area contributed by atoms with E-state index in [1.807, 2.05) is 0 Å². The lowest BCUT2D eigenvalue weighted by Crippen LogP contribution is -2.47. The molecule has 1 aromatic carbocycles. The maximum absolute atomic E-state index is 11.3. The van der Waals surface area contributed by atoms with Gasteiger partial charge in [0.15, 0.2) is 0 Å². The van der Waals surface area contributed by atoms with Crippen LogP contribution in [0, 0.1) is 29.1 Å². The summed E-state index contributed by atoms with van der Waals surface area (Å²) in [6.07, 6.45) is 18.1. The number of carbonyl (C=O) groups is 1. The van der Waals surface area contributed by atoms with E-state index in [4.69, 9.17) is 4.74 Å². The fourth-order valence-electron chi connectivity index (χ4n) is 8.57. The van der Waals surface area contributed by atoms with Crippen LogP contribution in [0.3, 0.4) is 0 Å². The van der Waals surface area contributed by atoms with Crippen molar-refractivity contribution >= 4 is 5.97 Å². The number of fused-ring (bicyclic) bond motifs is 5. The third-order valence-corrected chi connectivity index (χ3v) is 10.7. The summed E-state index contributed by atoms with van der Waals surface area (Å²) in [5.41, 5.74) is 3.19. The van der Waals surface area contributed by atoms with Crippen LogP contribution in [0.4, 0.5) is 0 Å². The number of hydrogen-bond donors (Lipinski definition) is 2. The highest BCUT2D eigenvalue weighted by Gasteiger charge is 2.56. The van der Waals surface area contributed by atoms with E-state index in [0.29, 0.717) is 23.7 Å². The molecule has 3 aliphatic rings. The van der Waals surface area contributed by atoms with E-state index in [1.54, 1.807) is 12.7 Å². The monoisotopic (exact) mass is 512 g/mol. The Labute approximate surface area is 225 Å². The van der Waals surface area contributed by atoms with E-state index in [9.17, 15) is 15.0 Å². The van der Waals surface area contributed by atoms with Gasteiger partial charge in [-0.05, 0) is 104 Å². The molecule has 4 nitrogen and oxygen atoms in total. The van der Waals surface area contributed by atoms with Crippen LogP contribution in [-0.4, -0.2) is 29.4 Å². The molecule has 3 unspecified atom stereocenters. The van der Waals surface area contributed by atoms with Gasteiger partial charge >= 0.3 is 5.97 Å². The van der Waals surface area contributed by atoms with Gasteiger partial charge in [-0.3, -0.25) is 4.79 Å². The molecule has 0 heterocycles. The van der Waals surface area contributed by atoms with Gasteiger partial charge in [-0.25, -0.2) is 0 Å². The molecule has 0 aliphatic heterocycles. The summed E-state index contributed by atoms with van der Waals surface area (Å²) in [4.78, 5) is 11.3. The number of ether oxygens (including phenoxy) is 1. The lowest BCUT2D eigenvalue weighted by Gasteiger charge is -2.53. The molecule has 0 bridgehead atoms. The molecule has 0 amide bonds. The zero-order valence-electron chi connectivity index (χ0n) is 23.7. The molecule has 0 spiro atoms. The SMILES string of the molecule is CCC[C@@H](CCCCCCCCC[C@@H]1Cc2cc(OC)ccc2C2CC[C@@]3(C)C(CC[C@@H]3O)C21)C(=O)O. The van der Waals surface area contributed by atoms with Crippen molar-refractivity contribution in [2.75, 3.05) is 7.11 Å². The molecule has 4 heteroatoms. The van der Waals surface area contributed by atoms with Gasteiger partial charge in [0.2, 0.25) is 0 Å². The van der Waals surface area contributed by atoms with Crippen LogP contribution in [0.1, 0.15) is 127 Å². The highest BCUT2D eigenvalue weighted by atomic mass is 16.5. The zero-order valence-corrected chi connectivity index (χ0v) is 23.7. The first kappa shape index (κ1) is 28.5. The maximum atomic E-state index is 11.3. The second-order valence-corrected chi connectivity index (χ2v) is 12.8. The summed E-state index contributed by atoms with van der Waals surface area (Å²) in [5.74, 6) is 2.95. The molecule has 0 aromatic heterocycles. The minimum atomic E-state index is -0.613. The Balaban J connectivity index is 1.28. The Kier molecular flexibility index (Phi) is 10.00. The third kappa shape index (κ3) is 6.37. The second kappa shape index (κ2) is 13.0. The summed E-state index contributed by atoms with van der Waals surface area (Å²) < 4.78 is 5.58. The van der Waals surface area contributed by atoms with Crippen LogP contribution in [0.25, 0.3) is 0 Å². The average Bonchev–Trinajstić information content (AvgIpc) is 3.20. The summed E-state index contributed by atoms with van der Waals surface area (Å²) >= 11 is 0. The minimum Gasteiger partial charge on any atom is -0.497 e. The largest absolute Gasteiger partial charge is 0.497 e. The second-order valence-electron chi connectivity index (χ2n) is 12.8. The van der Waals surface area contributed by atoms with Crippen LogP contribution in [0.2, 0.25) is 0 Å². The Morgan fingerprint density at radius 3 is 2.49 bits per heavy atom. The highest BCUT2D eigenvalue weighted by molar-refractivity contribution is 5.69. The molecular weight excluding hydrogens is 460 g/mol. The molecular formula is C33H52O4. The van der Waals surface area contributed by atoms with Crippen LogP contribution < -0.4 is 4.74 Å². The van der Waals surface area contributed by atoms with Crippen molar-refractivity contribution in [3.63, 3.8) is 0 Å². The number of aliphatic hydroxyl groups excluding tert-OH is 1. The number of methoxy groups -OCH3 is 1. The van der Waals surface area contributed by atoms with Crippen molar-refractivity contribution in [3.8, 4) is 5.75 Å². The van der Waals surface area contributed by atoms with Crippen LogP contribution >= 0.6 is 0 Å². The van der Waals surface area contributed by atoms with E-state index in [0.717, 1.165) is 44.3 Å². The number of aliphatic carboxylic acids is 1. The van der Waals surface area contributed by atoms with E-state index < -0.39 is 5.97 Å². The number of carboxylic acid groups (broad SMARTS) is 1. The molecule has 2 fully saturated rings. The van der Waals surface area contributed by atoms with Gasteiger partial charge < -0.3 is 14.9 Å². The molecule has 3 aliphatic carbocycles. The van der Waals surface area contributed by atoms with Crippen LogP contribution in [0.15, 0.2) is 18.2 Å². The molecule has 37 heavy (non-hydrogen) atoms. The lowest BCUT2D eigenvalue weighted by molar-refractivity contribution is -0.142. The van der Waals surface area contributed by atoms with Crippen molar-refractivity contribution < 1.29 is 19.7 Å². The molecule has 4 rings (SSSR count). The van der Waals surface area contributed by atoms with Gasteiger partial charge in [0.1, 0.15) is 5.75 Å². The molecule has 7 atom stereocenters. The van der Waals surface area contributed by atoms with E-state index in [2.05, 4.69) is 32.0 Å². The summed E-state index contributed by atoms with van der Waals surface area (Å²) in [6.45, 7) is 4.45. The fraction of sp³-hybridized carbons (Fsp3) is 0.788. The third-order valence-electron chi connectivity index (χ3n) is 10.7. The van der Waals surface area contributed by atoms with Crippen LogP contribution in [-0.2, 0) is 11.2 Å². The number of carboxylic acids is 1. The van der Waals surface area contributed by atoms with Crippen molar-refractivity contribution in [1.29, 1.82) is 0 Å². The smallest absolute Gasteiger partial charge is 0.306 e. The van der Waals surface area contributed by atoms with E-state index >= 15 is 0 Å². The predicted octanol–water partition coefficient (Wildman–Crippen LogP) is 8.15.